The normalized spacial score (nSPS) is 19.1. The van der Waals surface area contributed by atoms with Crippen molar-refractivity contribution in [2.45, 2.75) is 63.2 Å². The number of carbonyl (C=O) groups excluding carboxylic acids is 1. The molecule has 1 aliphatic carbocycles. The van der Waals surface area contributed by atoms with Gasteiger partial charge in [-0.3, -0.25) is 18.8 Å². The van der Waals surface area contributed by atoms with Crippen LogP contribution in [0.5, 0.6) is 0 Å². The van der Waals surface area contributed by atoms with E-state index >= 15 is 0 Å². The van der Waals surface area contributed by atoms with Gasteiger partial charge in [0.05, 0.1) is 30.3 Å². The molecule has 0 bridgehead atoms. The van der Waals surface area contributed by atoms with Crippen molar-refractivity contribution in [2.75, 3.05) is 13.1 Å². The number of piperidine rings is 1. The zero-order chi connectivity index (χ0) is 28.0. The van der Waals surface area contributed by atoms with Crippen LogP contribution in [0.15, 0.2) is 59.7 Å². The van der Waals surface area contributed by atoms with Crippen LogP contribution in [-0.4, -0.2) is 59.0 Å². The minimum Gasteiger partial charge on any atom is -0.388 e. The van der Waals surface area contributed by atoms with Gasteiger partial charge in [0, 0.05) is 32.1 Å². The summed E-state index contributed by atoms with van der Waals surface area (Å²) in [6.07, 6.45) is 3.80. The molecule has 2 atom stereocenters. The van der Waals surface area contributed by atoms with Gasteiger partial charge in [0.15, 0.2) is 5.52 Å². The van der Waals surface area contributed by atoms with Gasteiger partial charge in [-0.25, -0.2) is 4.98 Å². The number of nitrogens with zero attached hydrogens (tertiary/aromatic N) is 5. The van der Waals surface area contributed by atoms with E-state index in [1.807, 2.05) is 53.4 Å². The summed E-state index contributed by atoms with van der Waals surface area (Å²) in [4.78, 5) is 32.8. The van der Waals surface area contributed by atoms with Gasteiger partial charge in [0.1, 0.15) is 5.52 Å². The smallest absolute Gasteiger partial charge is 0.281 e. The van der Waals surface area contributed by atoms with E-state index in [0.717, 1.165) is 40.8 Å². The van der Waals surface area contributed by atoms with Crippen LogP contribution in [0.3, 0.4) is 0 Å². The van der Waals surface area contributed by atoms with Crippen LogP contribution in [0.2, 0.25) is 0 Å². The molecule has 208 valence electrons. The number of aliphatic hydroxyl groups excluding tert-OH is 1. The highest BCUT2D eigenvalue weighted by Crippen LogP contribution is 2.35. The van der Waals surface area contributed by atoms with Crippen molar-refractivity contribution in [3.63, 3.8) is 0 Å². The Morgan fingerprint density at radius 2 is 1.88 bits per heavy atom. The SMILES string of the molecule is C[C@H](CC(=O)N1CCC(O)(Cn2cnc3c(-c4ccc5c(c4)CCC5O)n(C)nc3c2=O)CC1)c1ccccc1. The maximum absolute atomic E-state index is 13.4. The summed E-state index contributed by atoms with van der Waals surface area (Å²) in [5, 5.41) is 26.0. The molecule has 1 unspecified atom stereocenters. The minimum absolute atomic E-state index is 0.0840. The lowest BCUT2D eigenvalue weighted by molar-refractivity contribution is -0.136. The van der Waals surface area contributed by atoms with E-state index in [-0.39, 0.29) is 29.4 Å². The predicted octanol–water partition coefficient (Wildman–Crippen LogP) is 3.32. The number of aliphatic hydroxyl groups is 2. The van der Waals surface area contributed by atoms with Crippen molar-refractivity contribution in [2.24, 2.45) is 7.05 Å². The van der Waals surface area contributed by atoms with Crippen molar-refractivity contribution in [1.82, 2.24) is 24.2 Å². The average molecular weight is 542 g/mol. The fourth-order valence-corrected chi connectivity index (χ4v) is 6.21. The van der Waals surface area contributed by atoms with Crippen molar-refractivity contribution < 1.29 is 15.0 Å². The Morgan fingerprint density at radius 1 is 1.12 bits per heavy atom. The highest BCUT2D eigenvalue weighted by atomic mass is 16.3. The first-order valence-corrected chi connectivity index (χ1v) is 14.0. The van der Waals surface area contributed by atoms with Crippen LogP contribution in [-0.2, 0) is 24.8 Å². The quantitative estimate of drug-likeness (QED) is 0.387. The van der Waals surface area contributed by atoms with E-state index in [0.29, 0.717) is 37.9 Å². The zero-order valence-corrected chi connectivity index (χ0v) is 23.0. The summed E-state index contributed by atoms with van der Waals surface area (Å²) >= 11 is 0. The van der Waals surface area contributed by atoms with Gasteiger partial charge in [-0.2, -0.15) is 5.10 Å². The Labute approximate surface area is 232 Å². The van der Waals surface area contributed by atoms with Crippen molar-refractivity contribution in [1.29, 1.82) is 0 Å². The predicted molar refractivity (Wildman–Crippen MR) is 152 cm³/mol. The molecule has 40 heavy (non-hydrogen) atoms. The molecule has 6 rings (SSSR count). The highest BCUT2D eigenvalue weighted by Gasteiger charge is 2.35. The van der Waals surface area contributed by atoms with Gasteiger partial charge in [-0.15, -0.1) is 0 Å². The fourth-order valence-electron chi connectivity index (χ4n) is 6.21. The molecule has 1 fully saturated rings. The molecule has 1 saturated heterocycles. The molecular weight excluding hydrogens is 506 g/mol. The Hall–Kier alpha value is -3.82. The molecule has 9 nitrogen and oxygen atoms in total. The number of fused-ring (bicyclic) bond motifs is 2. The molecule has 1 aliphatic heterocycles. The molecule has 2 aliphatic rings. The minimum atomic E-state index is -1.11. The Balaban J connectivity index is 1.16. The van der Waals surface area contributed by atoms with Crippen LogP contribution in [0.4, 0.5) is 0 Å². The van der Waals surface area contributed by atoms with E-state index in [9.17, 15) is 19.8 Å². The van der Waals surface area contributed by atoms with Crippen molar-refractivity contribution in [3.8, 4) is 11.3 Å². The summed E-state index contributed by atoms with van der Waals surface area (Å²) in [5.41, 5.74) is 4.21. The molecule has 3 heterocycles. The standard InChI is InChI=1S/C31H35N5O4/c1-20(21-6-4-3-5-7-21)16-26(38)35-14-12-31(40,13-15-35)18-36-19-32-27-28(30(36)39)33-34(2)29(27)23-8-10-24-22(17-23)9-11-25(24)37/h3-8,10,17,19-20,25,37,40H,9,11-16,18H2,1-2H3/t20-,25?/m1/s1. The lowest BCUT2D eigenvalue weighted by Gasteiger charge is -2.38. The monoisotopic (exact) mass is 541 g/mol. The van der Waals surface area contributed by atoms with Crippen molar-refractivity contribution >= 4 is 16.9 Å². The third-order valence-corrected chi connectivity index (χ3v) is 8.64. The molecule has 0 spiro atoms. The van der Waals surface area contributed by atoms with Gasteiger partial charge < -0.3 is 15.1 Å². The number of aromatic nitrogens is 4. The first kappa shape index (κ1) is 26.4. The highest BCUT2D eigenvalue weighted by molar-refractivity contribution is 5.89. The van der Waals surface area contributed by atoms with Gasteiger partial charge in [0.2, 0.25) is 5.91 Å². The lowest BCUT2D eigenvalue weighted by atomic mass is 9.90. The maximum atomic E-state index is 13.4. The zero-order valence-electron chi connectivity index (χ0n) is 23.0. The summed E-state index contributed by atoms with van der Waals surface area (Å²) < 4.78 is 3.11. The van der Waals surface area contributed by atoms with Gasteiger partial charge >= 0.3 is 0 Å². The number of rotatable bonds is 6. The number of aryl methyl sites for hydroxylation is 2. The molecular formula is C31H35N5O4. The number of carbonyl (C=O) groups is 1. The summed E-state index contributed by atoms with van der Waals surface area (Å²) in [7, 11) is 1.79. The molecule has 0 radical (unpaired) electrons. The summed E-state index contributed by atoms with van der Waals surface area (Å²) in [6, 6.07) is 15.9. The second-order valence-electron chi connectivity index (χ2n) is 11.4. The van der Waals surface area contributed by atoms with Crippen LogP contribution >= 0.6 is 0 Å². The molecule has 2 aromatic heterocycles. The van der Waals surface area contributed by atoms with E-state index in [2.05, 4.69) is 17.0 Å². The van der Waals surface area contributed by atoms with E-state index in [1.165, 1.54) is 10.9 Å². The van der Waals surface area contributed by atoms with Crippen LogP contribution in [0.25, 0.3) is 22.3 Å². The number of amides is 1. The van der Waals surface area contributed by atoms with Crippen molar-refractivity contribution in [3.05, 3.63) is 81.9 Å². The molecule has 4 aromatic rings. The van der Waals surface area contributed by atoms with Gasteiger partial charge in [-0.1, -0.05) is 49.4 Å². The largest absolute Gasteiger partial charge is 0.388 e. The third-order valence-electron chi connectivity index (χ3n) is 8.64. The molecule has 2 aromatic carbocycles. The van der Waals surface area contributed by atoms with Crippen LogP contribution in [0.1, 0.15) is 61.3 Å². The molecule has 0 saturated carbocycles. The fraction of sp³-hybridized carbons (Fsp3) is 0.419. The lowest BCUT2D eigenvalue weighted by Crippen LogP contribution is -2.49. The van der Waals surface area contributed by atoms with E-state index in [4.69, 9.17) is 0 Å². The molecule has 1 amide bonds. The van der Waals surface area contributed by atoms with Crippen LogP contribution < -0.4 is 5.56 Å². The van der Waals surface area contributed by atoms with E-state index < -0.39 is 11.7 Å². The Bertz CT molecular complexity index is 1620. The Morgan fingerprint density at radius 3 is 2.62 bits per heavy atom. The number of benzene rings is 2. The molecule has 2 N–H and O–H groups in total. The first-order valence-electron chi connectivity index (χ1n) is 14.0. The van der Waals surface area contributed by atoms with Gasteiger partial charge in [0.25, 0.3) is 5.56 Å². The summed E-state index contributed by atoms with van der Waals surface area (Å²) in [5.74, 6) is 0.207. The van der Waals surface area contributed by atoms with E-state index in [1.54, 1.807) is 11.7 Å². The number of hydrogen-bond donors (Lipinski definition) is 2. The molecule has 9 heteroatoms. The maximum Gasteiger partial charge on any atom is 0.281 e. The Kier molecular flexibility index (Phi) is 6.80. The number of hydrogen-bond acceptors (Lipinski definition) is 6. The third kappa shape index (κ3) is 4.84. The summed E-state index contributed by atoms with van der Waals surface area (Å²) in [6.45, 7) is 3.05. The average Bonchev–Trinajstić information content (AvgIpc) is 3.50. The first-order chi connectivity index (χ1) is 19.2. The van der Waals surface area contributed by atoms with Gasteiger partial charge in [-0.05, 0) is 54.4 Å². The second-order valence-corrected chi connectivity index (χ2v) is 11.4. The topological polar surface area (TPSA) is 113 Å². The number of likely N-dealkylation sites (tertiary alicyclic amines) is 1. The second kappa shape index (κ2) is 10.3. The van der Waals surface area contributed by atoms with Crippen LogP contribution in [0, 0.1) is 0 Å².